The highest BCUT2D eigenvalue weighted by molar-refractivity contribution is 7.89. The predicted octanol–water partition coefficient (Wildman–Crippen LogP) is 2.73. The third kappa shape index (κ3) is 3.47. The highest BCUT2D eigenvalue weighted by Gasteiger charge is 2.50. The Kier molecular flexibility index (Phi) is 4.70. The van der Waals surface area contributed by atoms with E-state index in [0.29, 0.717) is 24.5 Å². The maximum atomic E-state index is 13.8. The summed E-state index contributed by atoms with van der Waals surface area (Å²) in [4.78, 5) is 2.59. The number of benzene rings is 2. The molecule has 0 N–H and O–H groups in total. The molecule has 0 amide bonds. The highest BCUT2D eigenvalue weighted by Crippen LogP contribution is 2.42. The first-order valence-electron chi connectivity index (χ1n) is 9.02. The summed E-state index contributed by atoms with van der Waals surface area (Å²) < 4.78 is 46.0. The van der Waals surface area contributed by atoms with Gasteiger partial charge >= 0.3 is 0 Å². The number of rotatable bonds is 5. The number of ether oxygens (including phenoxy) is 1. The van der Waals surface area contributed by atoms with E-state index in [2.05, 4.69) is 4.90 Å². The monoisotopic (exact) mass is 390 g/mol. The lowest BCUT2D eigenvalue weighted by atomic mass is 9.79. The summed E-state index contributed by atoms with van der Waals surface area (Å²) in [6.07, 6.45) is 0.868. The Hall–Kier alpha value is -1.96. The molecular weight excluding hydrogens is 367 g/mol. The molecule has 2 fully saturated rings. The zero-order valence-electron chi connectivity index (χ0n) is 15.3. The molecule has 1 spiro atoms. The van der Waals surface area contributed by atoms with Crippen LogP contribution in [-0.4, -0.2) is 50.9 Å². The lowest BCUT2D eigenvalue weighted by Gasteiger charge is -2.48. The van der Waals surface area contributed by atoms with Crippen molar-refractivity contribution in [3.63, 3.8) is 0 Å². The first kappa shape index (κ1) is 18.4. The van der Waals surface area contributed by atoms with E-state index >= 15 is 0 Å². The summed E-state index contributed by atoms with van der Waals surface area (Å²) in [6.45, 7) is 3.44. The van der Waals surface area contributed by atoms with Crippen molar-refractivity contribution in [2.45, 2.75) is 17.9 Å². The van der Waals surface area contributed by atoms with E-state index in [1.807, 2.05) is 12.1 Å². The molecule has 2 aliphatic rings. The van der Waals surface area contributed by atoms with Gasteiger partial charge < -0.3 is 4.74 Å². The van der Waals surface area contributed by atoms with Crippen molar-refractivity contribution in [2.75, 3.05) is 33.3 Å². The van der Waals surface area contributed by atoms with Gasteiger partial charge in [0, 0.05) is 38.1 Å². The Morgan fingerprint density at radius 2 is 1.85 bits per heavy atom. The number of methoxy groups -OCH3 is 1. The summed E-state index contributed by atoms with van der Waals surface area (Å²) in [7, 11) is -1.97. The standard InChI is InChI=1S/C20H23FN2O3S/c1-26-19-8-7-16(11-18(19)21)12-22-13-20(14-22)9-10-23(15-20)27(24,25)17-5-3-2-4-6-17/h2-8,11H,9-10,12-15H2,1H3. The molecule has 0 aliphatic carbocycles. The summed E-state index contributed by atoms with van der Waals surface area (Å²) in [5, 5.41) is 0. The van der Waals surface area contributed by atoms with Crippen LogP contribution in [0.25, 0.3) is 0 Å². The van der Waals surface area contributed by atoms with Gasteiger partial charge in [-0.1, -0.05) is 24.3 Å². The number of sulfonamides is 1. The third-order valence-electron chi connectivity index (χ3n) is 5.52. The van der Waals surface area contributed by atoms with Crippen LogP contribution in [0.3, 0.4) is 0 Å². The van der Waals surface area contributed by atoms with Crippen molar-refractivity contribution < 1.29 is 17.5 Å². The van der Waals surface area contributed by atoms with Gasteiger partial charge in [-0.25, -0.2) is 12.8 Å². The lowest BCUT2D eigenvalue weighted by molar-refractivity contribution is 0.00645. The number of hydrogen-bond acceptors (Lipinski definition) is 4. The topological polar surface area (TPSA) is 49.9 Å². The zero-order chi connectivity index (χ0) is 19.1. The van der Waals surface area contributed by atoms with Crippen LogP contribution in [0, 0.1) is 11.2 Å². The zero-order valence-corrected chi connectivity index (χ0v) is 16.1. The molecule has 2 aromatic carbocycles. The normalized spacial score (nSPS) is 19.9. The second kappa shape index (κ2) is 6.89. The Bertz CT molecular complexity index is 927. The Balaban J connectivity index is 1.37. The number of likely N-dealkylation sites (tertiary alicyclic amines) is 1. The van der Waals surface area contributed by atoms with Crippen molar-refractivity contribution in [3.05, 3.63) is 59.9 Å². The summed E-state index contributed by atoms with van der Waals surface area (Å²) in [5.41, 5.74) is 0.919. The predicted molar refractivity (Wildman–Crippen MR) is 100 cm³/mol. The van der Waals surface area contributed by atoms with Crippen molar-refractivity contribution in [1.29, 1.82) is 0 Å². The molecule has 0 saturated carbocycles. The van der Waals surface area contributed by atoms with Crippen molar-refractivity contribution in [1.82, 2.24) is 9.21 Å². The van der Waals surface area contributed by atoms with Crippen LogP contribution in [0.5, 0.6) is 5.75 Å². The second-order valence-corrected chi connectivity index (χ2v) is 9.45. The average molecular weight is 390 g/mol. The molecule has 27 heavy (non-hydrogen) atoms. The number of halogens is 1. The molecule has 5 nitrogen and oxygen atoms in total. The molecule has 2 heterocycles. The van der Waals surface area contributed by atoms with E-state index in [-0.39, 0.29) is 17.0 Å². The Morgan fingerprint density at radius 3 is 2.52 bits per heavy atom. The van der Waals surface area contributed by atoms with Crippen LogP contribution in [-0.2, 0) is 16.6 Å². The van der Waals surface area contributed by atoms with E-state index in [1.165, 1.54) is 13.2 Å². The molecule has 2 aromatic rings. The Labute approximate surface area is 159 Å². The van der Waals surface area contributed by atoms with E-state index in [4.69, 9.17) is 4.74 Å². The Morgan fingerprint density at radius 1 is 1.11 bits per heavy atom. The molecule has 2 saturated heterocycles. The van der Waals surface area contributed by atoms with Crippen LogP contribution < -0.4 is 4.74 Å². The number of nitrogens with zero attached hydrogens (tertiary/aromatic N) is 2. The molecule has 0 atom stereocenters. The van der Waals surface area contributed by atoms with E-state index in [9.17, 15) is 12.8 Å². The van der Waals surface area contributed by atoms with Crippen LogP contribution >= 0.6 is 0 Å². The van der Waals surface area contributed by atoms with Crippen LogP contribution in [0.2, 0.25) is 0 Å². The van der Waals surface area contributed by atoms with E-state index in [1.54, 1.807) is 34.6 Å². The maximum Gasteiger partial charge on any atom is 0.243 e. The van der Waals surface area contributed by atoms with Gasteiger partial charge in [0.25, 0.3) is 0 Å². The molecule has 0 aromatic heterocycles. The summed E-state index contributed by atoms with van der Waals surface area (Å²) >= 11 is 0. The van der Waals surface area contributed by atoms with Gasteiger partial charge in [0.2, 0.25) is 10.0 Å². The fourth-order valence-corrected chi connectivity index (χ4v) is 5.75. The molecule has 0 bridgehead atoms. The largest absolute Gasteiger partial charge is 0.494 e. The molecule has 0 unspecified atom stereocenters. The van der Waals surface area contributed by atoms with E-state index in [0.717, 1.165) is 25.1 Å². The van der Waals surface area contributed by atoms with Gasteiger partial charge in [-0.15, -0.1) is 0 Å². The maximum absolute atomic E-state index is 13.8. The lowest BCUT2D eigenvalue weighted by Crippen LogP contribution is -2.57. The minimum Gasteiger partial charge on any atom is -0.494 e. The van der Waals surface area contributed by atoms with Crippen LogP contribution in [0.1, 0.15) is 12.0 Å². The molecule has 2 aliphatic heterocycles. The molecule has 7 heteroatoms. The quantitative estimate of drug-likeness (QED) is 0.788. The minimum absolute atomic E-state index is 0.0207. The van der Waals surface area contributed by atoms with Crippen molar-refractivity contribution in [3.8, 4) is 5.75 Å². The van der Waals surface area contributed by atoms with Crippen molar-refractivity contribution >= 4 is 10.0 Å². The summed E-state index contributed by atoms with van der Waals surface area (Å²) in [5.74, 6) is -0.109. The number of hydrogen-bond donors (Lipinski definition) is 0. The average Bonchev–Trinajstić information content (AvgIpc) is 3.09. The van der Waals surface area contributed by atoms with Gasteiger partial charge in [0.05, 0.1) is 12.0 Å². The highest BCUT2D eigenvalue weighted by atomic mass is 32.2. The first-order valence-corrected chi connectivity index (χ1v) is 10.5. The molecule has 4 rings (SSSR count). The molecular formula is C20H23FN2O3S. The van der Waals surface area contributed by atoms with Gasteiger partial charge in [-0.05, 0) is 36.2 Å². The van der Waals surface area contributed by atoms with Gasteiger partial charge in [0.1, 0.15) is 0 Å². The fourth-order valence-electron chi connectivity index (χ4n) is 4.18. The second-order valence-electron chi connectivity index (χ2n) is 7.52. The smallest absolute Gasteiger partial charge is 0.243 e. The van der Waals surface area contributed by atoms with Gasteiger partial charge in [0.15, 0.2) is 11.6 Å². The minimum atomic E-state index is -3.42. The van der Waals surface area contributed by atoms with Crippen LogP contribution in [0.4, 0.5) is 4.39 Å². The first-order chi connectivity index (χ1) is 12.9. The van der Waals surface area contributed by atoms with E-state index < -0.39 is 10.0 Å². The SMILES string of the molecule is COc1ccc(CN2CC3(CCN(S(=O)(=O)c4ccccc4)C3)C2)cc1F. The summed E-state index contributed by atoms with van der Waals surface area (Å²) in [6, 6.07) is 13.6. The molecule has 0 radical (unpaired) electrons. The molecule has 144 valence electrons. The van der Waals surface area contributed by atoms with Crippen molar-refractivity contribution in [2.24, 2.45) is 5.41 Å². The van der Waals surface area contributed by atoms with Crippen LogP contribution in [0.15, 0.2) is 53.4 Å². The van der Waals surface area contributed by atoms with Gasteiger partial charge in [-0.2, -0.15) is 4.31 Å². The third-order valence-corrected chi connectivity index (χ3v) is 7.38. The van der Waals surface area contributed by atoms with Gasteiger partial charge in [-0.3, -0.25) is 4.90 Å². The fraction of sp³-hybridized carbons (Fsp3) is 0.400.